The Bertz CT molecular complexity index is 849. The average molecular weight is 289 g/mol. The Morgan fingerprint density at radius 3 is 2.81 bits per heavy atom. The van der Waals surface area contributed by atoms with Crippen molar-refractivity contribution in [1.29, 1.82) is 0 Å². The summed E-state index contributed by atoms with van der Waals surface area (Å²) in [6, 6.07) is 0. The molecule has 0 aliphatic rings. The molecule has 21 heavy (non-hydrogen) atoms. The molecule has 0 aromatic carbocycles. The predicted molar refractivity (Wildman–Crippen MR) is 66.3 cm³/mol. The highest BCUT2D eigenvalue weighted by molar-refractivity contribution is 5.90. The third-order valence-electron chi connectivity index (χ3n) is 2.79. The summed E-state index contributed by atoms with van der Waals surface area (Å²) in [5.41, 5.74) is -0.980. The molecule has 0 saturated carbocycles. The van der Waals surface area contributed by atoms with Gasteiger partial charge in [0.05, 0.1) is 4.92 Å². The van der Waals surface area contributed by atoms with E-state index in [2.05, 4.69) is 20.3 Å². The van der Waals surface area contributed by atoms with Gasteiger partial charge in [0.25, 0.3) is 0 Å². The number of rotatable bonds is 3. The molecular weight excluding hydrogens is 282 g/mol. The van der Waals surface area contributed by atoms with E-state index in [9.17, 15) is 14.9 Å². The fourth-order valence-electron chi connectivity index (χ4n) is 1.85. The van der Waals surface area contributed by atoms with Crippen molar-refractivity contribution < 1.29 is 14.8 Å². The van der Waals surface area contributed by atoms with Crippen LogP contribution in [0.4, 0.5) is 5.69 Å². The quantitative estimate of drug-likeness (QED) is 0.533. The van der Waals surface area contributed by atoms with Crippen molar-refractivity contribution in [2.45, 2.75) is 6.92 Å². The van der Waals surface area contributed by atoms with Gasteiger partial charge in [0.1, 0.15) is 12.0 Å². The lowest BCUT2D eigenvalue weighted by atomic mass is 10.4. The van der Waals surface area contributed by atoms with E-state index < -0.39 is 22.3 Å². The van der Waals surface area contributed by atoms with Crippen LogP contribution in [0.25, 0.3) is 11.5 Å². The van der Waals surface area contributed by atoms with E-state index in [1.54, 1.807) is 17.5 Å². The number of carboxylic acid groups (broad SMARTS) is 1. The predicted octanol–water partition coefficient (Wildman–Crippen LogP) is 0.225. The number of carbonyl (C=O) groups is 1. The van der Waals surface area contributed by atoms with Crippen molar-refractivity contribution in [2.24, 2.45) is 0 Å². The van der Waals surface area contributed by atoms with Gasteiger partial charge in [-0.25, -0.2) is 14.5 Å². The van der Waals surface area contributed by atoms with Crippen molar-refractivity contribution in [2.75, 3.05) is 0 Å². The molecule has 11 heteroatoms. The van der Waals surface area contributed by atoms with Crippen molar-refractivity contribution >= 4 is 17.3 Å². The number of carboxylic acids is 1. The third kappa shape index (κ3) is 1.87. The van der Waals surface area contributed by atoms with Crippen molar-refractivity contribution in [3.63, 3.8) is 0 Å². The van der Waals surface area contributed by atoms with Crippen LogP contribution in [0.15, 0.2) is 18.6 Å². The number of hydrogen-bond acceptors (Lipinski definition) is 7. The van der Waals surface area contributed by atoms with Gasteiger partial charge in [-0.15, -0.1) is 10.2 Å². The van der Waals surface area contributed by atoms with Gasteiger partial charge in [-0.1, -0.05) is 0 Å². The van der Waals surface area contributed by atoms with E-state index in [1.165, 1.54) is 6.20 Å². The molecule has 106 valence electrons. The molecule has 0 atom stereocenters. The second-order valence-corrected chi connectivity index (χ2v) is 4.06. The number of aromatic nitrogens is 6. The molecule has 3 aromatic rings. The second-order valence-electron chi connectivity index (χ2n) is 4.06. The van der Waals surface area contributed by atoms with Crippen molar-refractivity contribution in [3.8, 4) is 5.82 Å². The highest BCUT2D eigenvalue weighted by Crippen LogP contribution is 2.20. The lowest BCUT2D eigenvalue weighted by Crippen LogP contribution is -2.05. The summed E-state index contributed by atoms with van der Waals surface area (Å²) < 4.78 is 2.61. The van der Waals surface area contributed by atoms with E-state index in [0.29, 0.717) is 11.5 Å². The Morgan fingerprint density at radius 1 is 1.43 bits per heavy atom. The molecule has 0 saturated heterocycles. The molecule has 0 bridgehead atoms. The maximum atomic E-state index is 11.0. The lowest BCUT2D eigenvalue weighted by Gasteiger charge is -2.00. The van der Waals surface area contributed by atoms with Crippen molar-refractivity contribution in [3.05, 3.63) is 40.2 Å². The SMILES string of the molecule is Cc1nnc2c(-n3cc([N+](=O)[O-])c(C(=O)O)n3)nccn12. The number of aryl methyl sites for hydroxylation is 1. The Labute approximate surface area is 115 Å². The van der Waals surface area contributed by atoms with Gasteiger partial charge in [0.15, 0.2) is 5.82 Å². The summed E-state index contributed by atoms with van der Waals surface area (Å²) in [5.74, 6) is -0.757. The molecule has 3 aromatic heterocycles. The molecule has 11 nitrogen and oxygen atoms in total. The van der Waals surface area contributed by atoms with Crippen LogP contribution >= 0.6 is 0 Å². The standard InChI is InChI=1S/C10H7N7O4/c1-5-12-13-9-8(11-2-3-15(5)9)16-4-6(17(20)21)7(14-16)10(18)19/h2-4H,1H3,(H,18,19). The molecule has 3 rings (SSSR count). The minimum atomic E-state index is -1.50. The topological polar surface area (TPSA) is 141 Å². The lowest BCUT2D eigenvalue weighted by molar-refractivity contribution is -0.385. The largest absolute Gasteiger partial charge is 0.476 e. The normalized spacial score (nSPS) is 10.9. The van der Waals surface area contributed by atoms with Gasteiger partial charge in [0.2, 0.25) is 11.3 Å². The second kappa shape index (κ2) is 4.33. The molecule has 0 unspecified atom stereocenters. The molecule has 0 aliphatic carbocycles. The van der Waals surface area contributed by atoms with Crippen LogP contribution in [0.1, 0.15) is 16.3 Å². The Balaban J connectivity index is 2.26. The monoisotopic (exact) mass is 289 g/mol. The molecular formula is C10H7N7O4. The third-order valence-corrected chi connectivity index (χ3v) is 2.79. The van der Waals surface area contributed by atoms with E-state index in [1.807, 2.05) is 0 Å². The summed E-state index contributed by atoms with van der Waals surface area (Å²) in [6.07, 6.45) is 4.03. The smallest absolute Gasteiger partial charge is 0.363 e. The zero-order valence-corrected chi connectivity index (χ0v) is 10.5. The highest BCUT2D eigenvalue weighted by Gasteiger charge is 2.26. The Morgan fingerprint density at radius 2 is 2.19 bits per heavy atom. The molecule has 1 N–H and O–H groups in total. The van der Waals surface area contributed by atoms with Crippen LogP contribution in [0.3, 0.4) is 0 Å². The van der Waals surface area contributed by atoms with Crippen LogP contribution in [0.5, 0.6) is 0 Å². The summed E-state index contributed by atoms with van der Waals surface area (Å²) in [7, 11) is 0. The molecule has 0 amide bonds. The number of hydrogen-bond donors (Lipinski definition) is 1. The van der Waals surface area contributed by atoms with Gasteiger partial charge in [-0.3, -0.25) is 14.5 Å². The molecule has 0 aliphatic heterocycles. The number of aromatic carboxylic acids is 1. The highest BCUT2D eigenvalue weighted by atomic mass is 16.6. The molecule has 0 radical (unpaired) electrons. The number of nitrogens with zero attached hydrogens (tertiary/aromatic N) is 7. The van der Waals surface area contributed by atoms with E-state index in [4.69, 9.17) is 5.11 Å². The van der Waals surface area contributed by atoms with Crippen LogP contribution in [-0.2, 0) is 0 Å². The van der Waals surface area contributed by atoms with Gasteiger partial charge < -0.3 is 5.11 Å². The van der Waals surface area contributed by atoms with Gasteiger partial charge in [-0.2, -0.15) is 5.10 Å². The van der Waals surface area contributed by atoms with Gasteiger partial charge in [-0.05, 0) is 6.92 Å². The number of nitro groups is 1. The Kier molecular flexibility index (Phi) is 2.61. The van der Waals surface area contributed by atoms with E-state index in [-0.39, 0.29) is 5.82 Å². The minimum Gasteiger partial charge on any atom is -0.476 e. The first-order valence-electron chi connectivity index (χ1n) is 5.63. The molecule has 0 spiro atoms. The fraction of sp³-hybridized carbons (Fsp3) is 0.100. The molecule has 3 heterocycles. The zero-order chi connectivity index (χ0) is 15.1. The van der Waals surface area contributed by atoms with Crippen LogP contribution in [0, 0.1) is 17.0 Å². The summed E-state index contributed by atoms with van der Waals surface area (Å²) in [5, 5.41) is 31.3. The van der Waals surface area contributed by atoms with Crippen LogP contribution in [-0.4, -0.2) is 45.4 Å². The maximum absolute atomic E-state index is 11.0. The first-order chi connectivity index (χ1) is 9.99. The van der Waals surface area contributed by atoms with Crippen LogP contribution in [0.2, 0.25) is 0 Å². The van der Waals surface area contributed by atoms with E-state index in [0.717, 1.165) is 10.9 Å². The van der Waals surface area contributed by atoms with Crippen LogP contribution < -0.4 is 0 Å². The average Bonchev–Trinajstić information content (AvgIpc) is 3.03. The van der Waals surface area contributed by atoms with Gasteiger partial charge in [0, 0.05) is 12.4 Å². The Hall–Kier alpha value is -3.37. The summed E-state index contributed by atoms with van der Waals surface area (Å²) in [4.78, 5) is 25.1. The summed E-state index contributed by atoms with van der Waals surface area (Å²) >= 11 is 0. The first kappa shape index (κ1) is 12.7. The molecule has 0 fully saturated rings. The summed E-state index contributed by atoms with van der Waals surface area (Å²) in [6.45, 7) is 1.72. The zero-order valence-electron chi connectivity index (χ0n) is 10.5. The fourth-order valence-corrected chi connectivity index (χ4v) is 1.85. The maximum Gasteiger partial charge on any atom is 0.363 e. The first-order valence-corrected chi connectivity index (χ1v) is 5.63. The number of fused-ring (bicyclic) bond motifs is 1. The van der Waals surface area contributed by atoms with Crippen molar-refractivity contribution in [1.82, 2.24) is 29.4 Å². The minimum absolute atomic E-state index is 0.147. The van der Waals surface area contributed by atoms with Gasteiger partial charge >= 0.3 is 11.7 Å². The van der Waals surface area contributed by atoms with E-state index >= 15 is 0 Å².